The number of hydrogen-bond acceptors (Lipinski definition) is 3. The van der Waals surface area contributed by atoms with Crippen molar-refractivity contribution in [3.05, 3.63) is 0 Å². The van der Waals surface area contributed by atoms with E-state index in [9.17, 15) is 0 Å². The van der Waals surface area contributed by atoms with Crippen LogP contribution < -0.4 is 5.32 Å². The van der Waals surface area contributed by atoms with E-state index in [4.69, 9.17) is 9.47 Å². The highest BCUT2D eigenvalue weighted by Gasteiger charge is 2.25. The monoisotopic (exact) mass is 215 g/mol. The average Bonchev–Trinajstić information content (AvgIpc) is 2.20. The van der Waals surface area contributed by atoms with Gasteiger partial charge in [-0.15, -0.1) is 0 Å². The summed E-state index contributed by atoms with van der Waals surface area (Å²) in [5, 5.41) is 3.47. The van der Waals surface area contributed by atoms with E-state index in [0.717, 1.165) is 39.2 Å². The van der Waals surface area contributed by atoms with Crippen molar-refractivity contribution >= 4 is 0 Å². The van der Waals surface area contributed by atoms with Crippen molar-refractivity contribution in [3.63, 3.8) is 0 Å². The zero-order chi connectivity index (χ0) is 11.1. The first kappa shape index (κ1) is 12.9. The fourth-order valence-electron chi connectivity index (χ4n) is 1.83. The predicted octanol–water partition coefficient (Wildman–Crippen LogP) is 1.82. The molecule has 1 saturated heterocycles. The Bertz CT molecular complexity index is 160. The van der Waals surface area contributed by atoms with Crippen molar-refractivity contribution in [2.45, 2.75) is 45.8 Å². The first-order valence-electron chi connectivity index (χ1n) is 6.16. The molecule has 1 heterocycles. The summed E-state index contributed by atoms with van der Waals surface area (Å²) in [6.07, 6.45) is 2.45. The van der Waals surface area contributed by atoms with Crippen LogP contribution in [0.1, 0.15) is 33.6 Å². The zero-order valence-electron chi connectivity index (χ0n) is 10.3. The van der Waals surface area contributed by atoms with Crippen molar-refractivity contribution < 1.29 is 9.47 Å². The average molecular weight is 215 g/mol. The lowest BCUT2D eigenvalue weighted by atomic mass is 10.1. The van der Waals surface area contributed by atoms with Crippen molar-refractivity contribution in [2.75, 3.05) is 26.4 Å². The molecule has 90 valence electrons. The third kappa shape index (κ3) is 4.96. The molecule has 0 aromatic rings. The van der Waals surface area contributed by atoms with Gasteiger partial charge in [0.25, 0.3) is 0 Å². The third-order valence-electron chi connectivity index (χ3n) is 2.80. The summed E-state index contributed by atoms with van der Waals surface area (Å²) >= 11 is 0. The molecule has 15 heavy (non-hydrogen) atoms. The SMILES string of the molecule is CCNC1CCOCC1OCCC(C)C. The molecule has 0 saturated carbocycles. The Labute approximate surface area is 93.5 Å². The maximum absolute atomic E-state index is 5.87. The highest BCUT2D eigenvalue weighted by molar-refractivity contribution is 4.80. The van der Waals surface area contributed by atoms with E-state index in [1.165, 1.54) is 0 Å². The molecule has 0 radical (unpaired) electrons. The van der Waals surface area contributed by atoms with Crippen LogP contribution in [0.2, 0.25) is 0 Å². The molecule has 1 fully saturated rings. The summed E-state index contributed by atoms with van der Waals surface area (Å²) in [5.41, 5.74) is 0. The number of nitrogens with one attached hydrogen (secondary N) is 1. The maximum Gasteiger partial charge on any atom is 0.0961 e. The van der Waals surface area contributed by atoms with Gasteiger partial charge in [0.2, 0.25) is 0 Å². The van der Waals surface area contributed by atoms with Gasteiger partial charge in [-0.05, 0) is 25.3 Å². The third-order valence-corrected chi connectivity index (χ3v) is 2.80. The molecule has 0 aromatic heterocycles. The van der Waals surface area contributed by atoms with Crippen LogP contribution in [-0.2, 0) is 9.47 Å². The molecule has 1 aliphatic rings. The first-order valence-corrected chi connectivity index (χ1v) is 6.16. The lowest BCUT2D eigenvalue weighted by Crippen LogP contribution is -2.47. The van der Waals surface area contributed by atoms with Crippen LogP contribution in [0.5, 0.6) is 0 Å². The quantitative estimate of drug-likeness (QED) is 0.733. The molecule has 3 heteroatoms. The highest BCUT2D eigenvalue weighted by atomic mass is 16.5. The van der Waals surface area contributed by atoms with Crippen LogP contribution in [0.4, 0.5) is 0 Å². The Kier molecular flexibility index (Phi) is 6.22. The van der Waals surface area contributed by atoms with Crippen molar-refractivity contribution in [1.82, 2.24) is 5.32 Å². The second kappa shape index (κ2) is 7.20. The summed E-state index contributed by atoms with van der Waals surface area (Å²) in [4.78, 5) is 0. The lowest BCUT2D eigenvalue weighted by Gasteiger charge is -2.32. The van der Waals surface area contributed by atoms with Crippen LogP contribution in [0.25, 0.3) is 0 Å². The summed E-state index contributed by atoms with van der Waals surface area (Å²) in [7, 11) is 0. The Morgan fingerprint density at radius 1 is 1.47 bits per heavy atom. The molecule has 3 nitrogen and oxygen atoms in total. The molecular weight excluding hydrogens is 190 g/mol. The minimum absolute atomic E-state index is 0.248. The summed E-state index contributed by atoms with van der Waals surface area (Å²) in [5.74, 6) is 0.715. The fraction of sp³-hybridized carbons (Fsp3) is 1.00. The highest BCUT2D eigenvalue weighted by Crippen LogP contribution is 2.12. The molecule has 1 rings (SSSR count). The minimum atomic E-state index is 0.248. The van der Waals surface area contributed by atoms with Crippen molar-refractivity contribution in [3.8, 4) is 0 Å². The van der Waals surface area contributed by atoms with E-state index < -0.39 is 0 Å². The maximum atomic E-state index is 5.87. The van der Waals surface area contributed by atoms with Crippen LogP contribution in [0.15, 0.2) is 0 Å². The minimum Gasteiger partial charge on any atom is -0.379 e. The van der Waals surface area contributed by atoms with Crippen molar-refractivity contribution in [1.29, 1.82) is 0 Å². The normalized spacial score (nSPS) is 27.2. The molecule has 1 N–H and O–H groups in total. The van der Waals surface area contributed by atoms with Gasteiger partial charge >= 0.3 is 0 Å². The summed E-state index contributed by atoms with van der Waals surface area (Å²) in [6.45, 7) is 10.1. The van der Waals surface area contributed by atoms with E-state index >= 15 is 0 Å². The second-order valence-corrected chi connectivity index (χ2v) is 4.62. The Morgan fingerprint density at radius 3 is 2.93 bits per heavy atom. The Hall–Kier alpha value is -0.120. The molecule has 1 aliphatic heterocycles. The van der Waals surface area contributed by atoms with Crippen LogP contribution >= 0.6 is 0 Å². The van der Waals surface area contributed by atoms with E-state index in [2.05, 4.69) is 26.1 Å². The lowest BCUT2D eigenvalue weighted by molar-refractivity contribution is -0.0705. The van der Waals surface area contributed by atoms with Gasteiger partial charge in [0, 0.05) is 19.3 Å². The van der Waals surface area contributed by atoms with Crippen LogP contribution in [0, 0.1) is 5.92 Å². The van der Waals surface area contributed by atoms with Gasteiger partial charge in [-0.3, -0.25) is 0 Å². The van der Waals surface area contributed by atoms with Gasteiger partial charge in [0.1, 0.15) is 0 Å². The Morgan fingerprint density at radius 2 is 2.27 bits per heavy atom. The van der Waals surface area contributed by atoms with Crippen LogP contribution in [-0.4, -0.2) is 38.5 Å². The molecule has 0 spiro atoms. The first-order chi connectivity index (χ1) is 7.24. The summed E-state index contributed by atoms with van der Waals surface area (Å²) < 4.78 is 11.3. The van der Waals surface area contributed by atoms with Crippen molar-refractivity contribution in [2.24, 2.45) is 5.92 Å². The van der Waals surface area contributed by atoms with Crippen LogP contribution in [0.3, 0.4) is 0 Å². The fourth-order valence-corrected chi connectivity index (χ4v) is 1.83. The predicted molar refractivity (Wildman–Crippen MR) is 62.1 cm³/mol. The van der Waals surface area contributed by atoms with Gasteiger partial charge in [-0.1, -0.05) is 20.8 Å². The number of ether oxygens (including phenoxy) is 2. The van der Waals surface area contributed by atoms with E-state index in [1.54, 1.807) is 0 Å². The molecule has 0 aromatic carbocycles. The van der Waals surface area contributed by atoms with Gasteiger partial charge in [0.05, 0.1) is 12.7 Å². The standard InChI is InChI=1S/C12H25NO2/c1-4-13-11-6-7-14-9-12(11)15-8-5-10(2)3/h10-13H,4-9H2,1-3H3. The van der Waals surface area contributed by atoms with E-state index in [1.807, 2.05) is 0 Å². The zero-order valence-corrected chi connectivity index (χ0v) is 10.3. The van der Waals surface area contributed by atoms with Gasteiger partial charge in [0.15, 0.2) is 0 Å². The largest absolute Gasteiger partial charge is 0.379 e. The van der Waals surface area contributed by atoms with Gasteiger partial charge < -0.3 is 14.8 Å². The second-order valence-electron chi connectivity index (χ2n) is 4.62. The van der Waals surface area contributed by atoms with E-state index in [-0.39, 0.29) is 6.10 Å². The Balaban J connectivity index is 2.23. The molecule has 0 amide bonds. The van der Waals surface area contributed by atoms with Gasteiger partial charge in [-0.2, -0.15) is 0 Å². The number of likely N-dealkylation sites (N-methyl/N-ethyl adjacent to an activating group) is 1. The molecule has 0 aliphatic carbocycles. The molecule has 2 unspecified atom stereocenters. The molecular formula is C12H25NO2. The smallest absolute Gasteiger partial charge is 0.0961 e. The number of hydrogen-bond donors (Lipinski definition) is 1. The number of rotatable bonds is 6. The summed E-state index contributed by atoms with van der Waals surface area (Å²) in [6, 6.07) is 0.482. The van der Waals surface area contributed by atoms with Gasteiger partial charge in [-0.25, -0.2) is 0 Å². The van der Waals surface area contributed by atoms with E-state index in [0.29, 0.717) is 12.0 Å². The molecule has 0 bridgehead atoms. The molecule has 2 atom stereocenters. The topological polar surface area (TPSA) is 30.5 Å².